The fourth-order valence-corrected chi connectivity index (χ4v) is 3.48. The molecule has 2 fully saturated rings. The van der Waals surface area contributed by atoms with E-state index in [9.17, 15) is 18.8 Å². The van der Waals surface area contributed by atoms with Crippen molar-refractivity contribution in [1.29, 1.82) is 5.26 Å². The molecule has 2 atom stereocenters. The first-order valence-corrected chi connectivity index (χ1v) is 7.81. The molecule has 4 rings (SSSR count). The normalized spacial score (nSPS) is 23.2. The van der Waals surface area contributed by atoms with Crippen LogP contribution in [-0.2, 0) is 6.54 Å². The fourth-order valence-electron chi connectivity index (χ4n) is 3.48. The Morgan fingerprint density at radius 2 is 2.12 bits per heavy atom. The highest BCUT2D eigenvalue weighted by Crippen LogP contribution is 2.59. The summed E-state index contributed by atoms with van der Waals surface area (Å²) in [6.07, 6.45) is 2.79. The SMILES string of the molecule is N#Cc1cc(N2CC3C(C2)C3(F)F)ccc1Cn1cnc(C(=O)O)c1. The minimum Gasteiger partial charge on any atom is -0.476 e. The maximum absolute atomic E-state index is 13.3. The van der Waals surface area contributed by atoms with Crippen molar-refractivity contribution in [1.82, 2.24) is 9.55 Å². The molecular weight excluding hydrogens is 330 g/mol. The summed E-state index contributed by atoms with van der Waals surface area (Å²) in [6.45, 7) is 0.934. The third-order valence-corrected chi connectivity index (χ3v) is 4.98. The van der Waals surface area contributed by atoms with E-state index < -0.39 is 23.7 Å². The van der Waals surface area contributed by atoms with E-state index in [2.05, 4.69) is 11.1 Å². The minimum absolute atomic E-state index is 0.0626. The lowest BCUT2D eigenvalue weighted by atomic mass is 10.1. The largest absolute Gasteiger partial charge is 0.476 e. The zero-order valence-corrected chi connectivity index (χ0v) is 13.1. The van der Waals surface area contributed by atoms with Crippen molar-refractivity contribution >= 4 is 11.7 Å². The van der Waals surface area contributed by atoms with Gasteiger partial charge in [-0.3, -0.25) is 0 Å². The van der Waals surface area contributed by atoms with Gasteiger partial charge in [0.15, 0.2) is 5.69 Å². The summed E-state index contributed by atoms with van der Waals surface area (Å²) < 4.78 is 28.2. The topological polar surface area (TPSA) is 82.2 Å². The third-order valence-electron chi connectivity index (χ3n) is 4.98. The molecular formula is C17H14F2N4O2. The van der Waals surface area contributed by atoms with E-state index in [1.54, 1.807) is 16.7 Å². The molecule has 2 unspecified atom stereocenters. The van der Waals surface area contributed by atoms with Gasteiger partial charge < -0.3 is 14.6 Å². The highest BCUT2D eigenvalue weighted by Gasteiger charge is 2.71. The van der Waals surface area contributed by atoms with Gasteiger partial charge in [-0.05, 0) is 17.7 Å². The molecule has 0 bridgehead atoms. The van der Waals surface area contributed by atoms with Crippen molar-refractivity contribution in [2.24, 2.45) is 11.8 Å². The quantitative estimate of drug-likeness (QED) is 0.919. The lowest BCUT2D eigenvalue weighted by molar-refractivity contribution is 0.0690. The molecule has 1 N–H and O–H groups in total. The number of aromatic nitrogens is 2. The van der Waals surface area contributed by atoms with Gasteiger partial charge >= 0.3 is 5.97 Å². The first kappa shape index (κ1) is 15.6. The number of nitrogens with zero attached hydrogens (tertiary/aromatic N) is 4. The number of carbonyl (C=O) groups is 1. The second kappa shape index (κ2) is 5.28. The van der Waals surface area contributed by atoms with Gasteiger partial charge in [0.2, 0.25) is 0 Å². The number of nitriles is 1. The number of carboxylic acids is 1. The van der Waals surface area contributed by atoms with Gasteiger partial charge in [0, 0.05) is 31.5 Å². The average molecular weight is 344 g/mol. The molecule has 1 aromatic heterocycles. The van der Waals surface area contributed by atoms with Crippen LogP contribution in [0.4, 0.5) is 14.5 Å². The zero-order valence-electron chi connectivity index (χ0n) is 13.1. The lowest BCUT2D eigenvalue weighted by Crippen LogP contribution is -2.27. The average Bonchev–Trinajstić information content (AvgIpc) is 3.05. The number of carboxylic acid groups (broad SMARTS) is 1. The van der Waals surface area contributed by atoms with E-state index in [4.69, 9.17) is 5.11 Å². The second-order valence-electron chi connectivity index (χ2n) is 6.48. The van der Waals surface area contributed by atoms with E-state index >= 15 is 0 Å². The molecule has 0 radical (unpaired) electrons. The van der Waals surface area contributed by atoms with E-state index in [1.165, 1.54) is 12.5 Å². The molecule has 0 spiro atoms. The minimum atomic E-state index is -2.53. The highest BCUT2D eigenvalue weighted by atomic mass is 19.3. The van der Waals surface area contributed by atoms with Crippen LogP contribution >= 0.6 is 0 Å². The van der Waals surface area contributed by atoms with Crippen molar-refractivity contribution in [3.8, 4) is 6.07 Å². The van der Waals surface area contributed by atoms with E-state index in [0.29, 0.717) is 25.2 Å². The van der Waals surface area contributed by atoms with Crippen LogP contribution in [0, 0.1) is 23.2 Å². The summed E-state index contributed by atoms with van der Waals surface area (Å²) in [6, 6.07) is 7.41. The number of imidazole rings is 1. The van der Waals surface area contributed by atoms with Crippen molar-refractivity contribution in [3.63, 3.8) is 0 Å². The molecule has 6 nitrogen and oxygen atoms in total. The Hall–Kier alpha value is -2.95. The second-order valence-corrected chi connectivity index (χ2v) is 6.48. The van der Waals surface area contributed by atoms with Crippen LogP contribution in [0.3, 0.4) is 0 Å². The van der Waals surface area contributed by atoms with E-state index in [0.717, 1.165) is 11.3 Å². The number of aromatic carboxylic acids is 1. The molecule has 0 amide bonds. The Morgan fingerprint density at radius 1 is 1.40 bits per heavy atom. The monoisotopic (exact) mass is 344 g/mol. The molecule has 1 saturated heterocycles. The third kappa shape index (κ3) is 2.52. The summed E-state index contributed by atoms with van der Waals surface area (Å²) in [7, 11) is 0. The fraction of sp³-hybridized carbons (Fsp3) is 0.353. The van der Waals surface area contributed by atoms with Crippen LogP contribution in [-0.4, -0.2) is 39.6 Å². The molecule has 1 saturated carbocycles. The van der Waals surface area contributed by atoms with Gasteiger partial charge in [0.25, 0.3) is 5.92 Å². The van der Waals surface area contributed by atoms with Gasteiger partial charge in [0.1, 0.15) is 0 Å². The number of fused-ring (bicyclic) bond motifs is 1. The Kier molecular flexibility index (Phi) is 3.29. The molecule has 1 aliphatic carbocycles. The van der Waals surface area contributed by atoms with Crippen LogP contribution in [0.5, 0.6) is 0 Å². The van der Waals surface area contributed by atoms with Gasteiger partial charge in [-0.1, -0.05) is 6.07 Å². The van der Waals surface area contributed by atoms with E-state index in [1.807, 2.05) is 11.0 Å². The van der Waals surface area contributed by atoms with Crippen LogP contribution < -0.4 is 4.90 Å². The van der Waals surface area contributed by atoms with E-state index in [-0.39, 0.29) is 5.69 Å². The van der Waals surface area contributed by atoms with Crippen LogP contribution in [0.25, 0.3) is 0 Å². The molecule has 2 aliphatic rings. The standard InChI is InChI=1S/C17H14F2N4O2/c18-17(19)13-6-23(7-14(13)17)12-2-1-10(11(3-12)4-20)5-22-8-15(16(24)25)21-9-22/h1-3,8-9,13-14H,5-7H2,(H,24,25). The summed E-state index contributed by atoms with van der Waals surface area (Å²) in [5.41, 5.74) is 1.86. The Morgan fingerprint density at radius 3 is 2.72 bits per heavy atom. The molecule has 1 aliphatic heterocycles. The van der Waals surface area contributed by atoms with Crippen LogP contribution in [0.1, 0.15) is 21.6 Å². The molecule has 8 heteroatoms. The highest BCUT2D eigenvalue weighted by molar-refractivity contribution is 5.84. The van der Waals surface area contributed by atoms with Crippen molar-refractivity contribution in [3.05, 3.63) is 47.5 Å². The van der Waals surface area contributed by atoms with Gasteiger partial charge in [-0.15, -0.1) is 0 Å². The van der Waals surface area contributed by atoms with Gasteiger partial charge in [-0.2, -0.15) is 5.26 Å². The number of anilines is 1. The first-order chi connectivity index (χ1) is 11.9. The predicted molar refractivity (Wildman–Crippen MR) is 83.6 cm³/mol. The maximum atomic E-state index is 13.3. The maximum Gasteiger partial charge on any atom is 0.356 e. The molecule has 2 heterocycles. The number of halogens is 2. The van der Waals surface area contributed by atoms with Crippen molar-refractivity contribution in [2.75, 3.05) is 18.0 Å². The lowest BCUT2D eigenvalue weighted by Gasteiger charge is -2.22. The summed E-state index contributed by atoms with van der Waals surface area (Å²) >= 11 is 0. The zero-order chi connectivity index (χ0) is 17.8. The number of piperidine rings is 1. The molecule has 128 valence electrons. The smallest absolute Gasteiger partial charge is 0.356 e. The number of rotatable bonds is 4. The number of benzene rings is 1. The predicted octanol–water partition coefficient (Wildman–Crippen LogP) is 2.20. The van der Waals surface area contributed by atoms with Crippen LogP contribution in [0.2, 0.25) is 0 Å². The number of hydrogen-bond acceptors (Lipinski definition) is 4. The Bertz CT molecular complexity index is 888. The first-order valence-electron chi connectivity index (χ1n) is 7.81. The summed E-state index contributed by atoms with van der Waals surface area (Å²) in [4.78, 5) is 16.5. The van der Waals surface area contributed by atoms with Crippen LogP contribution in [0.15, 0.2) is 30.7 Å². The summed E-state index contributed by atoms with van der Waals surface area (Å²) in [5.74, 6) is -4.78. The van der Waals surface area contributed by atoms with Gasteiger partial charge in [0.05, 0.1) is 29.8 Å². The molecule has 25 heavy (non-hydrogen) atoms. The Labute approximate surface area is 141 Å². The van der Waals surface area contributed by atoms with Crippen molar-refractivity contribution in [2.45, 2.75) is 12.5 Å². The van der Waals surface area contributed by atoms with Gasteiger partial charge in [-0.25, -0.2) is 18.6 Å². The molecule has 2 aromatic rings. The Balaban J connectivity index is 1.52. The summed E-state index contributed by atoms with van der Waals surface area (Å²) in [5, 5.41) is 18.3. The number of alkyl halides is 2. The number of hydrogen-bond donors (Lipinski definition) is 1. The molecule has 1 aromatic carbocycles. The van der Waals surface area contributed by atoms with Crippen molar-refractivity contribution < 1.29 is 18.7 Å².